The summed E-state index contributed by atoms with van der Waals surface area (Å²) in [4.78, 5) is 0. The zero-order chi connectivity index (χ0) is 7.28. The van der Waals surface area contributed by atoms with Crippen LogP contribution in [-0.2, 0) is 0 Å². The summed E-state index contributed by atoms with van der Waals surface area (Å²) in [5.41, 5.74) is 0. The normalized spacial score (nSPS) is 12.9. The second-order valence-corrected chi connectivity index (χ2v) is 3.48. The molecule has 0 unspecified atom stereocenters. The molecule has 0 fully saturated rings. The van der Waals surface area contributed by atoms with Crippen LogP contribution in [0.2, 0.25) is 0 Å². The lowest BCUT2D eigenvalue weighted by molar-refractivity contribution is 0.441. The average Bonchev–Trinajstić information content (AvgIpc) is 1.83. The van der Waals surface area contributed by atoms with E-state index in [0.29, 0.717) is 0 Å². The molecule has 0 spiro atoms. The molecule has 0 rings (SSSR count). The highest BCUT2D eigenvalue weighted by Gasteiger charge is 1.99. The van der Waals surface area contributed by atoms with E-state index in [2.05, 4.69) is 27.7 Å². The van der Waals surface area contributed by atoms with Crippen molar-refractivity contribution in [1.29, 1.82) is 0 Å². The van der Waals surface area contributed by atoms with Gasteiger partial charge < -0.3 is 0 Å². The van der Waals surface area contributed by atoms with Gasteiger partial charge in [0.2, 0.25) is 0 Å². The summed E-state index contributed by atoms with van der Waals surface area (Å²) in [5.74, 6) is 1.83. The lowest BCUT2D eigenvalue weighted by atomic mass is 9.98. The van der Waals surface area contributed by atoms with E-state index in [1.807, 2.05) is 0 Å². The Labute approximate surface area is 67.0 Å². The van der Waals surface area contributed by atoms with Gasteiger partial charge in [-0.05, 0) is 11.8 Å². The summed E-state index contributed by atoms with van der Waals surface area (Å²) < 4.78 is 0. The van der Waals surface area contributed by atoms with Gasteiger partial charge in [-0.2, -0.15) is 0 Å². The Bertz CT molecular complexity index is 55.1. The standard InChI is InChI=1S/C9H20.CH4/c1-5-9(4)7-6-8(2)3;/h8-9H,5-7H2,1-4H3;1H4/t9-;/m1./s1. The van der Waals surface area contributed by atoms with Crippen LogP contribution in [0.15, 0.2) is 0 Å². The minimum atomic E-state index is 0. The SMILES string of the molecule is C.CC[C@@H](C)CCC(C)C. The Balaban J connectivity index is 0. The van der Waals surface area contributed by atoms with Crippen LogP contribution in [0.4, 0.5) is 0 Å². The highest BCUT2D eigenvalue weighted by atomic mass is 14.1. The Morgan fingerprint density at radius 2 is 1.50 bits per heavy atom. The van der Waals surface area contributed by atoms with Crippen LogP contribution in [0.5, 0.6) is 0 Å². The third kappa shape index (κ3) is 8.00. The molecule has 0 aliphatic carbocycles. The predicted molar refractivity (Wildman–Crippen MR) is 50.3 cm³/mol. The predicted octanol–water partition coefficient (Wildman–Crippen LogP) is 4.10. The molecule has 0 aliphatic rings. The van der Waals surface area contributed by atoms with E-state index in [4.69, 9.17) is 0 Å². The molecule has 0 saturated carbocycles. The van der Waals surface area contributed by atoms with E-state index in [0.717, 1.165) is 11.8 Å². The van der Waals surface area contributed by atoms with E-state index < -0.39 is 0 Å². The van der Waals surface area contributed by atoms with Crippen LogP contribution >= 0.6 is 0 Å². The molecule has 10 heavy (non-hydrogen) atoms. The first kappa shape index (κ1) is 12.7. The molecular weight excluding hydrogens is 120 g/mol. The largest absolute Gasteiger partial charge is 0.0776 e. The molecule has 1 atom stereocenters. The van der Waals surface area contributed by atoms with Gasteiger partial charge in [-0.15, -0.1) is 0 Å². The molecule has 0 aliphatic heterocycles. The first-order valence-electron chi connectivity index (χ1n) is 4.16. The van der Waals surface area contributed by atoms with E-state index in [1.54, 1.807) is 0 Å². The van der Waals surface area contributed by atoms with Crippen molar-refractivity contribution in [1.82, 2.24) is 0 Å². The number of hydrogen-bond acceptors (Lipinski definition) is 0. The molecular formula is C10H24. The number of hydrogen-bond donors (Lipinski definition) is 0. The minimum Gasteiger partial charge on any atom is -0.0776 e. The van der Waals surface area contributed by atoms with Gasteiger partial charge in [0.1, 0.15) is 0 Å². The zero-order valence-corrected chi connectivity index (χ0v) is 7.28. The van der Waals surface area contributed by atoms with E-state index in [1.165, 1.54) is 19.3 Å². The molecule has 0 heteroatoms. The second kappa shape index (κ2) is 7.11. The van der Waals surface area contributed by atoms with Crippen molar-refractivity contribution in [3.8, 4) is 0 Å². The maximum Gasteiger partial charge on any atom is -0.0445 e. The molecule has 0 bridgehead atoms. The Morgan fingerprint density at radius 1 is 1.00 bits per heavy atom. The van der Waals surface area contributed by atoms with Gasteiger partial charge >= 0.3 is 0 Å². The van der Waals surface area contributed by atoms with Crippen LogP contribution < -0.4 is 0 Å². The molecule has 0 radical (unpaired) electrons. The lowest BCUT2D eigenvalue weighted by Crippen LogP contribution is -1.95. The highest BCUT2D eigenvalue weighted by Crippen LogP contribution is 2.13. The monoisotopic (exact) mass is 144 g/mol. The molecule has 0 heterocycles. The van der Waals surface area contributed by atoms with Crippen LogP contribution in [0.3, 0.4) is 0 Å². The molecule has 0 nitrogen and oxygen atoms in total. The Hall–Kier alpha value is 0. The van der Waals surface area contributed by atoms with Crippen molar-refractivity contribution in [2.24, 2.45) is 11.8 Å². The van der Waals surface area contributed by atoms with E-state index >= 15 is 0 Å². The summed E-state index contributed by atoms with van der Waals surface area (Å²) in [6.45, 7) is 9.19. The van der Waals surface area contributed by atoms with Crippen molar-refractivity contribution in [3.05, 3.63) is 0 Å². The lowest BCUT2D eigenvalue weighted by Gasteiger charge is -2.09. The molecule has 0 aromatic carbocycles. The summed E-state index contributed by atoms with van der Waals surface area (Å²) in [7, 11) is 0. The van der Waals surface area contributed by atoms with Crippen molar-refractivity contribution in [3.63, 3.8) is 0 Å². The van der Waals surface area contributed by atoms with Gasteiger partial charge in [0.15, 0.2) is 0 Å². The highest BCUT2D eigenvalue weighted by molar-refractivity contribution is 4.52. The second-order valence-electron chi connectivity index (χ2n) is 3.48. The zero-order valence-electron chi connectivity index (χ0n) is 7.28. The molecule has 0 N–H and O–H groups in total. The van der Waals surface area contributed by atoms with Gasteiger partial charge in [-0.3, -0.25) is 0 Å². The fourth-order valence-corrected chi connectivity index (χ4v) is 0.822. The third-order valence-corrected chi connectivity index (χ3v) is 1.93. The average molecular weight is 144 g/mol. The molecule has 0 saturated heterocycles. The fourth-order valence-electron chi connectivity index (χ4n) is 0.822. The van der Waals surface area contributed by atoms with Crippen molar-refractivity contribution in [2.75, 3.05) is 0 Å². The van der Waals surface area contributed by atoms with Crippen molar-refractivity contribution < 1.29 is 0 Å². The summed E-state index contributed by atoms with van der Waals surface area (Å²) in [5, 5.41) is 0. The molecule has 0 amide bonds. The van der Waals surface area contributed by atoms with Crippen LogP contribution in [-0.4, -0.2) is 0 Å². The summed E-state index contributed by atoms with van der Waals surface area (Å²) >= 11 is 0. The maximum atomic E-state index is 2.34. The van der Waals surface area contributed by atoms with Crippen molar-refractivity contribution in [2.45, 2.75) is 54.4 Å². The van der Waals surface area contributed by atoms with Gasteiger partial charge in [0, 0.05) is 0 Å². The fraction of sp³-hybridized carbons (Fsp3) is 1.00. The van der Waals surface area contributed by atoms with Crippen LogP contribution in [0.25, 0.3) is 0 Å². The third-order valence-electron chi connectivity index (χ3n) is 1.93. The van der Waals surface area contributed by atoms with Gasteiger partial charge in [0.05, 0.1) is 0 Å². The maximum absolute atomic E-state index is 2.34. The van der Waals surface area contributed by atoms with Crippen molar-refractivity contribution >= 4 is 0 Å². The molecule has 0 aromatic heterocycles. The van der Waals surface area contributed by atoms with Crippen LogP contribution in [0.1, 0.15) is 54.4 Å². The quantitative estimate of drug-likeness (QED) is 0.557. The first-order chi connectivity index (χ1) is 4.16. The Kier molecular flexibility index (Phi) is 9.00. The molecule has 64 valence electrons. The number of rotatable bonds is 4. The smallest absolute Gasteiger partial charge is 0.0445 e. The Morgan fingerprint density at radius 3 is 1.80 bits per heavy atom. The van der Waals surface area contributed by atoms with Gasteiger partial charge in [-0.25, -0.2) is 0 Å². The van der Waals surface area contributed by atoms with E-state index in [-0.39, 0.29) is 7.43 Å². The van der Waals surface area contributed by atoms with Gasteiger partial charge in [-0.1, -0.05) is 54.4 Å². The summed E-state index contributed by atoms with van der Waals surface area (Å²) in [6.07, 6.45) is 4.15. The molecule has 0 aromatic rings. The van der Waals surface area contributed by atoms with Crippen LogP contribution in [0, 0.1) is 11.8 Å². The summed E-state index contributed by atoms with van der Waals surface area (Å²) in [6, 6.07) is 0. The topological polar surface area (TPSA) is 0 Å². The minimum absolute atomic E-state index is 0. The first-order valence-corrected chi connectivity index (χ1v) is 4.16. The van der Waals surface area contributed by atoms with Gasteiger partial charge in [0.25, 0.3) is 0 Å². The van der Waals surface area contributed by atoms with E-state index in [9.17, 15) is 0 Å².